The van der Waals surface area contributed by atoms with Gasteiger partial charge in [-0.15, -0.1) is 11.3 Å². The van der Waals surface area contributed by atoms with Crippen LogP contribution in [0.15, 0.2) is 17.5 Å². The van der Waals surface area contributed by atoms with E-state index in [1.807, 2.05) is 31.4 Å². The van der Waals surface area contributed by atoms with Gasteiger partial charge in [0.25, 0.3) is 10.2 Å². The van der Waals surface area contributed by atoms with E-state index in [1.165, 1.54) is 4.31 Å². The van der Waals surface area contributed by atoms with Crippen molar-refractivity contribution >= 4 is 21.5 Å². The second-order valence-corrected chi connectivity index (χ2v) is 7.61. The fraction of sp³-hybridized carbons (Fsp3) is 0.667. The van der Waals surface area contributed by atoms with Crippen LogP contribution < -0.4 is 10.5 Å². The van der Waals surface area contributed by atoms with Crippen LogP contribution in [0.4, 0.5) is 0 Å². The van der Waals surface area contributed by atoms with Gasteiger partial charge in [-0.25, -0.2) is 0 Å². The molecule has 0 saturated carbocycles. The molecule has 1 aromatic rings. The summed E-state index contributed by atoms with van der Waals surface area (Å²) in [5.74, 6) is 0.191. The normalized spacial score (nSPS) is 14.2. The molecule has 0 amide bonds. The molecule has 19 heavy (non-hydrogen) atoms. The highest BCUT2D eigenvalue weighted by Gasteiger charge is 2.25. The number of rotatable bonds is 8. The van der Waals surface area contributed by atoms with Crippen LogP contribution in [0.2, 0.25) is 0 Å². The molecule has 0 radical (unpaired) electrons. The van der Waals surface area contributed by atoms with Gasteiger partial charge in [0.1, 0.15) is 0 Å². The molecule has 1 rings (SSSR count). The van der Waals surface area contributed by atoms with Crippen molar-refractivity contribution in [3.8, 4) is 0 Å². The summed E-state index contributed by atoms with van der Waals surface area (Å²) in [4.78, 5) is 1.03. The smallest absolute Gasteiger partial charge is 0.279 e. The number of hydrogen-bond acceptors (Lipinski definition) is 4. The Hall–Kier alpha value is -0.470. The molecule has 0 aliphatic carbocycles. The van der Waals surface area contributed by atoms with Gasteiger partial charge in [0, 0.05) is 18.5 Å². The van der Waals surface area contributed by atoms with Crippen molar-refractivity contribution in [3.05, 3.63) is 22.4 Å². The van der Waals surface area contributed by atoms with E-state index in [0.717, 1.165) is 4.88 Å². The van der Waals surface area contributed by atoms with E-state index in [1.54, 1.807) is 18.4 Å². The maximum absolute atomic E-state index is 12.2. The van der Waals surface area contributed by atoms with Crippen LogP contribution in [-0.2, 0) is 10.2 Å². The van der Waals surface area contributed by atoms with E-state index in [0.29, 0.717) is 19.5 Å². The first-order chi connectivity index (χ1) is 8.88. The van der Waals surface area contributed by atoms with Crippen molar-refractivity contribution in [1.29, 1.82) is 0 Å². The number of nitrogens with zero attached hydrogens (tertiary/aromatic N) is 1. The zero-order valence-corrected chi connectivity index (χ0v) is 13.3. The van der Waals surface area contributed by atoms with Crippen LogP contribution in [0.5, 0.6) is 0 Å². The summed E-state index contributed by atoms with van der Waals surface area (Å²) >= 11 is 1.56. The minimum absolute atomic E-state index is 0.190. The van der Waals surface area contributed by atoms with E-state index in [-0.39, 0.29) is 12.0 Å². The summed E-state index contributed by atoms with van der Waals surface area (Å²) in [5.41, 5.74) is 5.41. The van der Waals surface area contributed by atoms with Gasteiger partial charge in [0.05, 0.1) is 6.04 Å². The number of nitrogens with one attached hydrogen (secondary N) is 1. The lowest BCUT2D eigenvalue weighted by Gasteiger charge is -2.25. The van der Waals surface area contributed by atoms with Crippen LogP contribution in [0.1, 0.15) is 31.2 Å². The molecular weight excluding hydrogens is 282 g/mol. The fourth-order valence-corrected chi connectivity index (χ4v) is 3.97. The molecule has 1 heterocycles. The van der Waals surface area contributed by atoms with Crippen LogP contribution in [0.25, 0.3) is 0 Å². The highest BCUT2D eigenvalue weighted by Crippen LogP contribution is 2.26. The zero-order chi connectivity index (χ0) is 14.5. The molecule has 0 aliphatic heterocycles. The summed E-state index contributed by atoms with van der Waals surface area (Å²) in [6, 6.07) is 3.70. The molecule has 1 unspecified atom stereocenters. The van der Waals surface area contributed by atoms with E-state index < -0.39 is 10.2 Å². The molecule has 1 atom stereocenters. The third kappa shape index (κ3) is 4.85. The molecule has 0 bridgehead atoms. The predicted octanol–water partition coefficient (Wildman–Crippen LogP) is 1.56. The van der Waals surface area contributed by atoms with Gasteiger partial charge in [-0.05, 0) is 30.3 Å². The maximum Gasteiger partial charge on any atom is 0.279 e. The Morgan fingerprint density at radius 2 is 2.16 bits per heavy atom. The average molecular weight is 305 g/mol. The predicted molar refractivity (Wildman–Crippen MR) is 80.3 cm³/mol. The van der Waals surface area contributed by atoms with Crippen LogP contribution >= 0.6 is 11.3 Å². The highest BCUT2D eigenvalue weighted by molar-refractivity contribution is 7.87. The number of thiophene rings is 1. The summed E-state index contributed by atoms with van der Waals surface area (Å²) in [6.45, 7) is 4.93. The van der Waals surface area contributed by atoms with Gasteiger partial charge in [0.2, 0.25) is 0 Å². The average Bonchev–Trinajstić information content (AvgIpc) is 2.86. The standard InChI is InChI=1S/C12H23N3O2S2/c1-10(2)12(11-6-4-9-18-11)14-19(16,17)15(3)8-5-7-13/h4,6,9-10,12,14H,5,7-8,13H2,1-3H3. The molecule has 0 fully saturated rings. The van der Waals surface area contributed by atoms with Crippen LogP contribution in [0, 0.1) is 5.92 Å². The first-order valence-corrected chi connectivity index (χ1v) is 8.67. The Bertz CT molecular complexity index is 457. The second kappa shape index (κ2) is 7.35. The van der Waals surface area contributed by atoms with Crippen molar-refractivity contribution in [2.24, 2.45) is 11.7 Å². The van der Waals surface area contributed by atoms with Gasteiger partial charge < -0.3 is 5.73 Å². The topological polar surface area (TPSA) is 75.4 Å². The monoisotopic (exact) mass is 305 g/mol. The second-order valence-electron chi connectivity index (χ2n) is 4.82. The SMILES string of the molecule is CC(C)C(NS(=O)(=O)N(C)CCCN)c1cccs1. The van der Waals surface area contributed by atoms with Crippen molar-refractivity contribution in [3.63, 3.8) is 0 Å². The van der Waals surface area contributed by atoms with Gasteiger partial charge >= 0.3 is 0 Å². The minimum Gasteiger partial charge on any atom is -0.330 e. The molecule has 5 nitrogen and oxygen atoms in total. The molecular formula is C12H23N3O2S2. The molecule has 0 aliphatic rings. The number of nitrogens with two attached hydrogens (primary N) is 1. The Kier molecular flexibility index (Phi) is 6.41. The fourth-order valence-electron chi connectivity index (χ4n) is 1.68. The van der Waals surface area contributed by atoms with E-state index in [2.05, 4.69) is 4.72 Å². The molecule has 0 saturated heterocycles. The van der Waals surface area contributed by atoms with Gasteiger partial charge in [-0.1, -0.05) is 19.9 Å². The first-order valence-electron chi connectivity index (χ1n) is 6.35. The minimum atomic E-state index is -3.47. The van der Waals surface area contributed by atoms with E-state index in [9.17, 15) is 8.42 Å². The molecule has 0 spiro atoms. The van der Waals surface area contributed by atoms with Crippen molar-refractivity contribution in [2.75, 3.05) is 20.1 Å². The van der Waals surface area contributed by atoms with Gasteiger partial charge in [0.15, 0.2) is 0 Å². The van der Waals surface area contributed by atoms with E-state index >= 15 is 0 Å². The summed E-state index contributed by atoms with van der Waals surface area (Å²) < 4.78 is 28.5. The zero-order valence-electron chi connectivity index (χ0n) is 11.7. The lowest BCUT2D eigenvalue weighted by atomic mass is 10.0. The van der Waals surface area contributed by atoms with Crippen LogP contribution in [-0.4, -0.2) is 32.9 Å². The largest absolute Gasteiger partial charge is 0.330 e. The van der Waals surface area contributed by atoms with Gasteiger partial charge in [-0.3, -0.25) is 0 Å². The lowest BCUT2D eigenvalue weighted by Crippen LogP contribution is -2.42. The van der Waals surface area contributed by atoms with Gasteiger partial charge in [-0.2, -0.15) is 17.4 Å². The summed E-state index contributed by atoms with van der Waals surface area (Å²) in [6.07, 6.45) is 0.656. The van der Waals surface area contributed by atoms with Crippen molar-refractivity contribution < 1.29 is 8.42 Å². The van der Waals surface area contributed by atoms with Crippen LogP contribution in [0.3, 0.4) is 0 Å². The molecule has 110 valence electrons. The number of hydrogen-bond donors (Lipinski definition) is 2. The Morgan fingerprint density at radius 3 is 2.63 bits per heavy atom. The van der Waals surface area contributed by atoms with E-state index in [4.69, 9.17) is 5.73 Å². The van der Waals surface area contributed by atoms with Crippen molar-refractivity contribution in [2.45, 2.75) is 26.3 Å². The Balaban J connectivity index is 2.79. The Labute approximate surface area is 120 Å². The third-order valence-corrected chi connectivity index (χ3v) is 5.39. The summed E-state index contributed by atoms with van der Waals surface area (Å²) in [5, 5.41) is 1.96. The third-order valence-electron chi connectivity index (χ3n) is 2.88. The Morgan fingerprint density at radius 1 is 1.47 bits per heavy atom. The van der Waals surface area contributed by atoms with Crippen molar-refractivity contribution in [1.82, 2.24) is 9.03 Å². The lowest BCUT2D eigenvalue weighted by molar-refractivity contribution is 0.417. The molecule has 7 heteroatoms. The molecule has 3 N–H and O–H groups in total. The highest BCUT2D eigenvalue weighted by atomic mass is 32.2. The maximum atomic E-state index is 12.2. The molecule has 0 aromatic carbocycles. The molecule has 1 aromatic heterocycles. The quantitative estimate of drug-likeness (QED) is 0.765. The summed E-state index contributed by atoms with van der Waals surface area (Å²) in [7, 11) is -1.90. The first kappa shape index (κ1) is 16.6.